The Morgan fingerprint density at radius 2 is 1.50 bits per heavy atom. The quantitative estimate of drug-likeness (QED) is 0.654. The third-order valence-electron chi connectivity index (χ3n) is 6.47. The molecular weight excluding hydrogens is 452 g/mol. The monoisotopic (exact) mass is 484 g/mol. The molecule has 0 bridgehead atoms. The van der Waals surface area contributed by atoms with Crippen molar-refractivity contribution in [1.82, 2.24) is 9.62 Å². The van der Waals surface area contributed by atoms with Gasteiger partial charge in [-0.3, -0.25) is 9.59 Å². The van der Waals surface area contributed by atoms with E-state index in [4.69, 9.17) is 0 Å². The third-order valence-corrected chi connectivity index (χ3v) is 8.37. The van der Waals surface area contributed by atoms with Crippen LogP contribution in [0.25, 0.3) is 0 Å². The van der Waals surface area contributed by atoms with Crippen molar-refractivity contribution in [2.75, 3.05) is 43.4 Å². The first-order valence-electron chi connectivity index (χ1n) is 11.9. The van der Waals surface area contributed by atoms with Crippen LogP contribution in [0.2, 0.25) is 0 Å². The zero-order valence-corrected chi connectivity index (χ0v) is 20.4. The number of carbonyl (C=O) groups is 2. The lowest BCUT2D eigenvalue weighted by Gasteiger charge is -2.31. The van der Waals surface area contributed by atoms with E-state index in [2.05, 4.69) is 15.5 Å². The van der Waals surface area contributed by atoms with Crippen molar-refractivity contribution in [3.8, 4) is 0 Å². The van der Waals surface area contributed by atoms with Crippen LogP contribution in [0.1, 0.15) is 59.2 Å². The number of hydrogen-bond donors (Lipinski definition) is 2. The molecule has 2 N–H and O–H groups in total. The molecule has 0 spiro atoms. The molecule has 2 saturated heterocycles. The summed E-state index contributed by atoms with van der Waals surface area (Å²) in [7, 11) is -2.13. The van der Waals surface area contributed by atoms with E-state index in [-0.39, 0.29) is 10.8 Å². The van der Waals surface area contributed by atoms with Crippen LogP contribution >= 0.6 is 0 Å². The molecule has 2 aliphatic rings. The van der Waals surface area contributed by atoms with Crippen molar-refractivity contribution in [1.29, 1.82) is 0 Å². The maximum Gasteiger partial charge on any atom is 0.257 e. The first kappa shape index (κ1) is 24.2. The number of piperidine rings is 2. The lowest BCUT2D eigenvalue weighted by Crippen LogP contribution is -2.36. The van der Waals surface area contributed by atoms with Crippen LogP contribution in [-0.2, 0) is 10.0 Å². The molecule has 2 heterocycles. The molecule has 0 aromatic heterocycles. The predicted octanol–water partition coefficient (Wildman–Crippen LogP) is 3.46. The van der Waals surface area contributed by atoms with Gasteiger partial charge in [-0.1, -0.05) is 12.5 Å². The summed E-state index contributed by atoms with van der Waals surface area (Å²) >= 11 is 0. The fourth-order valence-electron chi connectivity index (χ4n) is 4.60. The van der Waals surface area contributed by atoms with Crippen LogP contribution in [0, 0.1) is 0 Å². The summed E-state index contributed by atoms with van der Waals surface area (Å²) < 4.78 is 28.1. The molecular formula is C25H32N4O4S. The lowest BCUT2D eigenvalue weighted by molar-refractivity contribution is 0.0961. The number of nitrogens with zero attached hydrogens (tertiary/aromatic N) is 2. The van der Waals surface area contributed by atoms with E-state index < -0.39 is 15.9 Å². The molecule has 0 radical (unpaired) electrons. The summed E-state index contributed by atoms with van der Waals surface area (Å²) in [6.45, 7) is 2.66. The molecule has 2 aromatic carbocycles. The molecule has 34 heavy (non-hydrogen) atoms. The Bertz CT molecular complexity index is 1150. The van der Waals surface area contributed by atoms with Crippen LogP contribution in [0.15, 0.2) is 47.4 Å². The van der Waals surface area contributed by atoms with Crippen molar-refractivity contribution in [3.63, 3.8) is 0 Å². The third kappa shape index (κ3) is 5.26. The molecule has 2 fully saturated rings. The van der Waals surface area contributed by atoms with E-state index in [9.17, 15) is 18.0 Å². The van der Waals surface area contributed by atoms with Crippen molar-refractivity contribution in [2.24, 2.45) is 0 Å². The van der Waals surface area contributed by atoms with Crippen LogP contribution in [0.4, 0.5) is 11.4 Å². The molecule has 0 aliphatic carbocycles. The molecule has 2 aromatic rings. The number of rotatable bonds is 6. The molecule has 0 saturated carbocycles. The first-order valence-corrected chi connectivity index (χ1v) is 13.4. The molecule has 2 aliphatic heterocycles. The molecule has 9 heteroatoms. The second kappa shape index (κ2) is 10.6. The second-order valence-corrected chi connectivity index (χ2v) is 10.7. The van der Waals surface area contributed by atoms with Crippen LogP contribution < -0.4 is 15.5 Å². The Hall–Kier alpha value is -2.91. The Morgan fingerprint density at radius 3 is 2.18 bits per heavy atom. The number of anilines is 2. The number of sulfonamides is 1. The number of amides is 2. The van der Waals surface area contributed by atoms with E-state index >= 15 is 0 Å². The van der Waals surface area contributed by atoms with Crippen molar-refractivity contribution in [3.05, 3.63) is 53.6 Å². The Balaban J connectivity index is 1.68. The van der Waals surface area contributed by atoms with Gasteiger partial charge in [0, 0.05) is 50.2 Å². The number of nitrogens with one attached hydrogen (secondary N) is 2. The summed E-state index contributed by atoms with van der Waals surface area (Å²) in [4.78, 5) is 27.7. The van der Waals surface area contributed by atoms with Gasteiger partial charge in [-0.2, -0.15) is 4.31 Å². The summed E-state index contributed by atoms with van der Waals surface area (Å²) in [5, 5.41) is 5.43. The topological polar surface area (TPSA) is 98.8 Å². The Kier molecular flexibility index (Phi) is 7.53. The normalized spacial score (nSPS) is 17.3. The van der Waals surface area contributed by atoms with Crippen LogP contribution in [0.5, 0.6) is 0 Å². The summed E-state index contributed by atoms with van der Waals surface area (Å²) in [5.74, 6) is -0.648. The highest BCUT2D eigenvalue weighted by molar-refractivity contribution is 7.89. The van der Waals surface area contributed by atoms with Gasteiger partial charge in [0.1, 0.15) is 0 Å². The molecule has 182 valence electrons. The summed E-state index contributed by atoms with van der Waals surface area (Å²) in [6, 6.07) is 11.6. The summed E-state index contributed by atoms with van der Waals surface area (Å²) in [6.07, 6.45) is 5.93. The van der Waals surface area contributed by atoms with Gasteiger partial charge in [0.15, 0.2) is 0 Å². The van der Waals surface area contributed by atoms with Gasteiger partial charge >= 0.3 is 0 Å². The Morgan fingerprint density at radius 1 is 0.824 bits per heavy atom. The van der Waals surface area contributed by atoms with E-state index in [1.165, 1.54) is 10.4 Å². The van der Waals surface area contributed by atoms with Gasteiger partial charge in [0.05, 0.1) is 10.5 Å². The van der Waals surface area contributed by atoms with Gasteiger partial charge in [0.2, 0.25) is 10.0 Å². The maximum absolute atomic E-state index is 13.4. The van der Waals surface area contributed by atoms with Crippen molar-refractivity contribution < 1.29 is 18.0 Å². The standard InChI is InChI=1S/C25H32N4O4S/c1-26-24(30)19-9-8-10-20(17-19)27-25(31)22-18-21(34(32,33)29-15-6-3-7-16-29)11-12-23(22)28-13-4-2-5-14-28/h8-12,17-18H,2-7,13-16H2,1H3,(H,26,30)(H,27,31). The SMILES string of the molecule is CNC(=O)c1cccc(NC(=O)c2cc(S(=O)(=O)N3CCCCC3)ccc2N2CCCCC2)c1. The minimum Gasteiger partial charge on any atom is -0.371 e. The first-order chi connectivity index (χ1) is 16.4. The minimum atomic E-state index is -3.68. The molecule has 0 atom stereocenters. The average molecular weight is 485 g/mol. The van der Waals surface area contributed by atoms with E-state index in [1.54, 1.807) is 43.4 Å². The number of hydrogen-bond acceptors (Lipinski definition) is 5. The zero-order chi connectivity index (χ0) is 24.1. The molecule has 2 amide bonds. The second-order valence-electron chi connectivity index (χ2n) is 8.81. The predicted molar refractivity (Wildman–Crippen MR) is 133 cm³/mol. The average Bonchev–Trinajstić information content (AvgIpc) is 2.89. The molecule has 4 rings (SSSR count). The fourth-order valence-corrected chi connectivity index (χ4v) is 6.15. The summed E-state index contributed by atoms with van der Waals surface area (Å²) in [5.41, 5.74) is 1.96. The van der Waals surface area contributed by atoms with E-state index in [1.807, 2.05) is 0 Å². The van der Waals surface area contributed by atoms with Gasteiger partial charge in [-0.05, 0) is 68.5 Å². The smallest absolute Gasteiger partial charge is 0.257 e. The molecule has 0 unspecified atom stereocenters. The highest BCUT2D eigenvalue weighted by Gasteiger charge is 2.28. The lowest BCUT2D eigenvalue weighted by atomic mass is 10.1. The largest absolute Gasteiger partial charge is 0.371 e. The van der Waals surface area contributed by atoms with Gasteiger partial charge in [-0.15, -0.1) is 0 Å². The Labute approximate surface area is 201 Å². The zero-order valence-electron chi connectivity index (χ0n) is 19.5. The highest BCUT2D eigenvalue weighted by atomic mass is 32.2. The van der Waals surface area contributed by atoms with E-state index in [0.717, 1.165) is 57.3 Å². The van der Waals surface area contributed by atoms with Gasteiger partial charge in [-0.25, -0.2) is 8.42 Å². The van der Waals surface area contributed by atoms with Gasteiger partial charge in [0.25, 0.3) is 11.8 Å². The van der Waals surface area contributed by atoms with Crippen LogP contribution in [0.3, 0.4) is 0 Å². The van der Waals surface area contributed by atoms with Crippen LogP contribution in [-0.4, -0.2) is 57.8 Å². The maximum atomic E-state index is 13.4. The van der Waals surface area contributed by atoms with Crippen molar-refractivity contribution >= 4 is 33.2 Å². The minimum absolute atomic E-state index is 0.138. The number of carbonyl (C=O) groups excluding carboxylic acids is 2. The fraction of sp³-hybridized carbons (Fsp3) is 0.440. The number of benzene rings is 2. The highest BCUT2D eigenvalue weighted by Crippen LogP contribution is 2.30. The van der Waals surface area contributed by atoms with Gasteiger partial charge < -0.3 is 15.5 Å². The van der Waals surface area contributed by atoms with E-state index in [0.29, 0.717) is 29.9 Å². The molecule has 8 nitrogen and oxygen atoms in total. The van der Waals surface area contributed by atoms with Crippen molar-refractivity contribution in [2.45, 2.75) is 43.4 Å².